The Hall–Kier alpha value is -2.35. The number of amides is 1. The van der Waals surface area contributed by atoms with Crippen LogP contribution >= 0.6 is 11.6 Å². The summed E-state index contributed by atoms with van der Waals surface area (Å²) in [5.74, 6) is -0.158. The number of carbonyl (C=O) groups excluding carboxylic acids is 1. The second kappa shape index (κ2) is 7.49. The SMILES string of the molecule is O=C(Nc1ccc(Cl)c(C(F)(F)F)c1)C1CCCN(c2ncccn2)C1. The van der Waals surface area contributed by atoms with Crippen molar-refractivity contribution in [3.8, 4) is 0 Å². The van der Waals surface area contributed by atoms with Crippen molar-refractivity contribution >= 4 is 29.1 Å². The fraction of sp³-hybridized carbons (Fsp3) is 0.353. The molecular formula is C17H16ClF3N4O. The number of aromatic nitrogens is 2. The zero-order chi connectivity index (χ0) is 18.7. The van der Waals surface area contributed by atoms with Gasteiger partial charge < -0.3 is 10.2 Å². The van der Waals surface area contributed by atoms with Gasteiger partial charge in [-0.05, 0) is 37.1 Å². The Morgan fingerprint density at radius 3 is 2.69 bits per heavy atom. The van der Waals surface area contributed by atoms with E-state index >= 15 is 0 Å². The number of hydrogen-bond donors (Lipinski definition) is 1. The van der Waals surface area contributed by atoms with E-state index in [1.165, 1.54) is 6.07 Å². The molecule has 1 aliphatic heterocycles. The molecular weight excluding hydrogens is 369 g/mol. The van der Waals surface area contributed by atoms with E-state index in [0.717, 1.165) is 25.1 Å². The molecule has 5 nitrogen and oxygen atoms in total. The van der Waals surface area contributed by atoms with Crippen LogP contribution in [0.15, 0.2) is 36.7 Å². The molecule has 1 N–H and O–H groups in total. The van der Waals surface area contributed by atoms with E-state index in [9.17, 15) is 18.0 Å². The number of rotatable bonds is 3. The molecule has 26 heavy (non-hydrogen) atoms. The molecule has 0 spiro atoms. The van der Waals surface area contributed by atoms with E-state index in [1.54, 1.807) is 18.5 Å². The number of nitrogens with zero attached hydrogens (tertiary/aromatic N) is 3. The monoisotopic (exact) mass is 384 g/mol. The van der Waals surface area contributed by atoms with Gasteiger partial charge in [0.05, 0.1) is 16.5 Å². The highest BCUT2D eigenvalue weighted by molar-refractivity contribution is 6.31. The van der Waals surface area contributed by atoms with E-state index in [4.69, 9.17) is 11.6 Å². The van der Waals surface area contributed by atoms with E-state index in [2.05, 4.69) is 15.3 Å². The van der Waals surface area contributed by atoms with Crippen molar-refractivity contribution in [3.05, 3.63) is 47.2 Å². The maximum Gasteiger partial charge on any atom is 0.417 e. The lowest BCUT2D eigenvalue weighted by Crippen LogP contribution is -2.41. The summed E-state index contributed by atoms with van der Waals surface area (Å²) in [6.07, 6.45) is 0.0839. The van der Waals surface area contributed by atoms with Crippen LogP contribution in [0.3, 0.4) is 0 Å². The first-order valence-electron chi connectivity index (χ1n) is 8.04. The maximum atomic E-state index is 12.9. The molecule has 2 heterocycles. The number of halogens is 4. The standard InChI is InChI=1S/C17H16ClF3N4O/c18-14-5-4-12(9-13(14)17(19,20)21)24-15(26)11-3-1-8-25(10-11)16-22-6-2-7-23-16/h2,4-7,9,11H,1,3,8,10H2,(H,24,26). The van der Waals surface area contributed by atoms with Gasteiger partial charge in [0.2, 0.25) is 11.9 Å². The molecule has 3 rings (SSSR count). The van der Waals surface area contributed by atoms with Gasteiger partial charge in [0.25, 0.3) is 0 Å². The van der Waals surface area contributed by atoms with Crippen LogP contribution in [0.2, 0.25) is 5.02 Å². The molecule has 0 aliphatic carbocycles. The van der Waals surface area contributed by atoms with Crippen molar-refractivity contribution < 1.29 is 18.0 Å². The maximum absolute atomic E-state index is 12.9. The number of benzene rings is 1. The molecule has 0 saturated carbocycles. The summed E-state index contributed by atoms with van der Waals surface area (Å²) in [5, 5.41) is 2.16. The molecule has 1 aromatic heterocycles. The summed E-state index contributed by atoms with van der Waals surface area (Å²) in [4.78, 5) is 22.7. The fourth-order valence-corrected chi connectivity index (χ4v) is 3.12. The zero-order valence-corrected chi connectivity index (χ0v) is 14.4. The molecule has 1 saturated heterocycles. The molecule has 1 atom stereocenters. The predicted octanol–water partition coefficient (Wildman–Crippen LogP) is 4.00. The Balaban J connectivity index is 1.70. The second-order valence-electron chi connectivity index (χ2n) is 6.02. The number of nitrogens with one attached hydrogen (secondary N) is 1. The van der Waals surface area contributed by atoms with Gasteiger partial charge in [-0.2, -0.15) is 13.2 Å². The van der Waals surface area contributed by atoms with Crippen LogP contribution in [0.1, 0.15) is 18.4 Å². The Morgan fingerprint density at radius 1 is 1.27 bits per heavy atom. The minimum atomic E-state index is -4.58. The average Bonchev–Trinajstić information content (AvgIpc) is 2.63. The first-order valence-corrected chi connectivity index (χ1v) is 8.42. The van der Waals surface area contributed by atoms with Crippen molar-refractivity contribution in [1.82, 2.24) is 9.97 Å². The molecule has 1 amide bonds. The lowest BCUT2D eigenvalue weighted by atomic mass is 9.97. The second-order valence-corrected chi connectivity index (χ2v) is 6.42. The summed E-state index contributed by atoms with van der Waals surface area (Å²) >= 11 is 5.60. The van der Waals surface area contributed by atoms with Crippen molar-refractivity contribution in [2.24, 2.45) is 5.92 Å². The van der Waals surface area contributed by atoms with Crippen molar-refractivity contribution in [1.29, 1.82) is 0 Å². The number of piperidine rings is 1. The molecule has 0 radical (unpaired) electrons. The molecule has 1 unspecified atom stereocenters. The summed E-state index contributed by atoms with van der Waals surface area (Å²) < 4.78 is 38.8. The highest BCUT2D eigenvalue weighted by atomic mass is 35.5. The van der Waals surface area contributed by atoms with Crippen LogP contribution in [0.4, 0.5) is 24.8 Å². The van der Waals surface area contributed by atoms with Crippen LogP contribution in [-0.4, -0.2) is 29.0 Å². The Bertz CT molecular complexity index is 785. The Labute approximate surface area is 153 Å². The molecule has 1 aromatic carbocycles. The molecule has 1 aliphatic rings. The average molecular weight is 385 g/mol. The first-order chi connectivity index (χ1) is 12.3. The smallest absolute Gasteiger partial charge is 0.340 e. The number of hydrogen-bond acceptors (Lipinski definition) is 4. The van der Waals surface area contributed by atoms with Gasteiger partial charge in [-0.3, -0.25) is 4.79 Å². The molecule has 138 valence electrons. The van der Waals surface area contributed by atoms with Crippen molar-refractivity contribution in [2.75, 3.05) is 23.3 Å². The minimum Gasteiger partial charge on any atom is -0.340 e. The minimum absolute atomic E-state index is 0.0693. The van der Waals surface area contributed by atoms with Gasteiger partial charge in [-0.15, -0.1) is 0 Å². The Kier molecular flexibility index (Phi) is 5.31. The van der Waals surface area contributed by atoms with Gasteiger partial charge in [0.15, 0.2) is 0 Å². The summed E-state index contributed by atoms with van der Waals surface area (Å²) in [6.45, 7) is 1.14. The van der Waals surface area contributed by atoms with E-state index < -0.39 is 16.8 Å². The fourth-order valence-electron chi connectivity index (χ4n) is 2.89. The third-order valence-corrected chi connectivity index (χ3v) is 4.50. The van der Waals surface area contributed by atoms with Gasteiger partial charge in [-0.25, -0.2) is 9.97 Å². The highest BCUT2D eigenvalue weighted by Gasteiger charge is 2.34. The third kappa shape index (κ3) is 4.24. The molecule has 2 aromatic rings. The van der Waals surface area contributed by atoms with Crippen LogP contribution in [-0.2, 0) is 11.0 Å². The first kappa shape index (κ1) is 18.4. The lowest BCUT2D eigenvalue weighted by Gasteiger charge is -2.31. The highest BCUT2D eigenvalue weighted by Crippen LogP contribution is 2.36. The summed E-state index contributed by atoms with van der Waals surface area (Å²) in [5.41, 5.74) is -0.903. The summed E-state index contributed by atoms with van der Waals surface area (Å²) in [7, 11) is 0. The van der Waals surface area contributed by atoms with Gasteiger partial charge in [0, 0.05) is 31.2 Å². The van der Waals surface area contributed by atoms with Crippen molar-refractivity contribution in [2.45, 2.75) is 19.0 Å². The zero-order valence-electron chi connectivity index (χ0n) is 13.6. The normalized spacial score (nSPS) is 17.8. The van der Waals surface area contributed by atoms with Crippen LogP contribution in [0, 0.1) is 5.92 Å². The Morgan fingerprint density at radius 2 is 2.00 bits per heavy atom. The van der Waals surface area contributed by atoms with Crippen LogP contribution < -0.4 is 10.2 Å². The van der Waals surface area contributed by atoms with E-state index in [-0.39, 0.29) is 17.5 Å². The van der Waals surface area contributed by atoms with Crippen LogP contribution in [0.25, 0.3) is 0 Å². The molecule has 0 bridgehead atoms. The van der Waals surface area contributed by atoms with E-state index in [1.807, 2.05) is 4.90 Å². The lowest BCUT2D eigenvalue weighted by molar-refractivity contribution is -0.137. The number of alkyl halides is 3. The number of anilines is 2. The van der Waals surface area contributed by atoms with Gasteiger partial charge >= 0.3 is 6.18 Å². The van der Waals surface area contributed by atoms with Gasteiger partial charge in [-0.1, -0.05) is 11.6 Å². The van der Waals surface area contributed by atoms with Crippen LogP contribution in [0.5, 0.6) is 0 Å². The third-order valence-electron chi connectivity index (χ3n) is 4.17. The predicted molar refractivity (Wildman–Crippen MR) is 92.1 cm³/mol. The summed E-state index contributed by atoms with van der Waals surface area (Å²) in [6, 6.07) is 5.04. The topological polar surface area (TPSA) is 58.1 Å². The molecule has 1 fully saturated rings. The van der Waals surface area contributed by atoms with Gasteiger partial charge in [0.1, 0.15) is 0 Å². The quantitative estimate of drug-likeness (QED) is 0.868. The largest absolute Gasteiger partial charge is 0.417 e. The molecule has 9 heteroatoms. The number of carbonyl (C=O) groups is 1. The van der Waals surface area contributed by atoms with Crippen molar-refractivity contribution in [3.63, 3.8) is 0 Å². The van der Waals surface area contributed by atoms with E-state index in [0.29, 0.717) is 18.9 Å².